The van der Waals surface area contributed by atoms with E-state index in [1.165, 1.54) is 58.2 Å². The van der Waals surface area contributed by atoms with Crippen LogP contribution >= 0.6 is 0 Å². The number of hydrogen-bond acceptors (Lipinski definition) is 2. The fourth-order valence-electron chi connectivity index (χ4n) is 3.28. The predicted molar refractivity (Wildman–Crippen MR) is 78.9 cm³/mol. The lowest BCUT2D eigenvalue weighted by Crippen LogP contribution is -2.62. The molecule has 104 valence electrons. The number of allylic oxidation sites excluding steroid dienone is 1. The van der Waals surface area contributed by atoms with Crippen molar-refractivity contribution in [2.75, 3.05) is 19.6 Å². The van der Waals surface area contributed by atoms with Crippen molar-refractivity contribution in [3.63, 3.8) is 0 Å². The molecule has 1 N–H and O–H groups in total. The van der Waals surface area contributed by atoms with Crippen molar-refractivity contribution in [3.8, 4) is 0 Å². The average molecular weight is 250 g/mol. The van der Waals surface area contributed by atoms with Gasteiger partial charge >= 0.3 is 0 Å². The summed E-state index contributed by atoms with van der Waals surface area (Å²) in [6.07, 6.45) is 10.3. The smallest absolute Gasteiger partial charge is 0.0278 e. The summed E-state index contributed by atoms with van der Waals surface area (Å²) in [5.74, 6) is 0. The van der Waals surface area contributed by atoms with E-state index >= 15 is 0 Å². The zero-order valence-electron chi connectivity index (χ0n) is 12.5. The van der Waals surface area contributed by atoms with Crippen molar-refractivity contribution in [1.29, 1.82) is 0 Å². The molecule has 0 aromatic carbocycles. The van der Waals surface area contributed by atoms with Gasteiger partial charge in [0.25, 0.3) is 0 Å². The first kappa shape index (κ1) is 14.1. The summed E-state index contributed by atoms with van der Waals surface area (Å²) >= 11 is 0. The van der Waals surface area contributed by atoms with Crippen LogP contribution in [0.5, 0.6) is 0 Å². The van der Waals surface area contributed by atoms with Crippen molar-refractivity contribution in [3.05, 3.63) is 11.6 Å². The van der Waals surface area contributed by atoms with Crippen LogP contribution in [0.3, 0.4) is 0 Å². The molecule has 0 saturated carbocycles. The molecule has 1 saturated heterocycles. The fraction of sp³-hybridized carbons (Fsp3) is 0.875. The zero-order chi connectivity index (χ0) is 13.0. The van der Waals surface area contributed by atoms with Gasteiger partial charge in [0, 0.05) is 31.2 Å². The predicted octanol–water partition coefficient (Wildman–Crippen LogP) is 3.34. The van der Waals surface area contributed by atoms with Gasteiger partial charge in [0.1, 0.15) is 0 Å². The highest BCUT2D eigenvalue weighted by molar-refractivity contribution is 5.08. The minimum Gasteiger partial charge on any atom is -0.309 e. The van der Waals surface area contributed by atoms with E-state index in [1.807, 2.05) is 0 Å². The van der Waals surface area contributed by atoms with Gasteiger partial charge in [0.05, 0.1) is 0 Å². The first-order valence-corrected chi connectivity index (χ1v) is 7.84. The molecule has 0 spiro atoms. The van der Waals surface area contributed by atoms with Crippen LogP contribution in [0.15, 0.2) is 11.6 Å². The average Bonchev–Trinajstić information content (AvgIpc) is 2.90. The summed E-state index contributed by atoms with van der Waals surface area (Å²) < 4.78 is 0. The van der Waals surface area contributed by atoms with Crippen LogP contribution in [0, 0.1) is 0 Å². The molecule has 0 amide bonds. The molecular weight excluding hydrogens is 220 g/mol. The molecule has 1 fully saturated rings. The maximum Gasteiger partial charge on any atom is 0.0278 e. The second-order valence-corrected chi connectivity index (χ2v) is 6.33. The summed E-state index contributed by atoms with van der Waals surface area (Å²) in [7, 11) is 0. The van der Waals surface area contributed by atoms with Crippen LogP contribution in [0.2, 0.25) is 0 Å². The van der Waals surface area contributed by atoms with E-state index in [2.05, 4.69) is 37.1 Å². The van der Waals surface area contributed by atoms with Gasteiger partial charge in [0.2, 0.25) is 0 Å². The number of piperazine rings is 1. The normalized spacial score (nSPS) is 33.7. The number of hydrogen-bond donors (Lipinski definition) is 1. The highest BCUT2D eigenvalue weighted by atomic mass is 15.2. The Hall–Kier alpha value is -0.340. The first-order chi connectivity index (χ1) is 8.67. The molecule has 2 heteroatoms. The van der Waals surface area contributed by atoms with Crippen molar-refractivity contribution in [2.45, 2.75) is 70.9 Å². The molecule has 2 rings (SSSR count). The third-order valence-corrected chi connectivity index (χ3v) is 4.94. The maximum absolute atomic E-state index is 3.75. The molecular formula is C16H30N2. The monoisotopic (exact) mass is 250 g/mol. The van der Waals surface area contributed by atoms with Crippen LogP contribution < -0.4 is 5.32 Å². The van der Waals surface area contributed by atoms with Crippen molar-refractivity contribution in [2.24, 2.45) is 0 Å². The Kier molecular flexibility index (Phi) is 4.85. The van der Waals surface area contributed by atoms with Crippen molar-refractivity contribution in [1.82, 2.24) is 10.2 Å². The van der Waals surface area contributed by atoms with E-state index in [0.717, 1.165) is 6.04 Å². The lowest BCUT2D eigenvalue weighted by Gasteiger charge is -2.46. The van der Waals surface area contributed by atoms with Gasteiger partial charge in [0.15, 0.2) is 0 Å². The Balaban J connectivity index is 1.89. The minimum absolute atomic E-state index is 0.329. The lowest BCUT2D eigenvalue weighted by atomic mass is 9.92. The number of nitrogens with one attached hydrogen (secondary N) is 1. The second kappa shape index (κ2) is 6.21. The van der Waals surface area contributed by atoms with Crippen LogP contribution in [-0.4, -0.2) is 36.1 Å². The largest absolute Gasteiger partial charge is 0.309 e. The SMILES string of the molecule is CCC1CNC(C)(CC)CN1CCC1=CCCC1. The Bertz CT molecular complexity index is 297. The summed E-state index contributed by atoms with van der Waals surface area (Å²) in [5.41, 5.74) is 2.04. The molecule has 0 radical (unpaired) electrons. The second-order valence-electron chi connectivity index (χ2n) is 6.33. The maximum atomic E-state index is 3.75. The first-order valence-electron chi connectivity index (χ1n) is 7.84. The van der Waals surface area contributed by atoms with Crippen molar-refractivity contribution >= 4 is 0 Å². The van der Waals surface area contributed by atoms with Gasteiger partial charge in [-0.3, -0.25) is 4.90 Å². The molecule has 1 aliphatic carbocycles. The third-order valence-electron chi connectivity index (χ3n) is 4.94. The molecule has 1 heterocycles. The van der Waals surface area contributed by atoms with Gasteiger partial charge in [-0.25, -0.2) is 0 Å². The molecule has 0 bridgehead atoms. The quantitative estimate of drug-likeness (QED) is 0.753. The minimum atomic E-state index is 0.329. The molecule has 1 aliphatic heterocycles. The molecule has 0 aromatic rings. The van der Waals surface area contributed by atoms with E-state index in [-0.39, 0.29) is 0 Å². The molecule has 0 aromatic heterocycles. The highest BCUT2D eigenvalue weighted by Crippen LogP contribution is 2.24. The number of nitrogens with zero attached hydrogens (tertiary/aromatic N) is 1. The summed E-state index contributed by atoms with van der Waals surface area (Å²) in [4.78, 5) is 2.74. The van der Waals surface area contributed by atoms with E-state index in [0.29, 0.717) is 5.54 Å². The van der Waals surface area contributed by atoms with Crippen molar-refractivity contribution < 1.29 is 0 Å². The zero-order valence-corrected chi connectivity index (χ0v) is 12.5. The van der Waals surface area contributed by atoms with Crippen LogP contribution in [0.4, 0.5) is 0 Å². The van der Waals surface area contributed by atoms with Gasteiger partial charge in [-0.15, -0.1) is 0 Å². The van der Waals surface area contributed by atoms with E-state index in [1.54, 1.807) is 5.57 Å². The summed E-state index contributed by atoms with van der Waals surface area (Å²) in [5, 5.41) is 3.75. The van der Waals surface area contributed by atoms with Crippen LogP contribution in [0.25, 0.3) is 0 Å². The van der Waals surface area contributed by atoms with Gasteiger partial charge in [-0.05, 0) is 45.4 Å². The Morgan fingerprint density at radius 1 is 1.44 bits per heavy atom. The highest BCUT2D eigenvalue weighted by Gasteiger charge is 2.33. The van der Waals surface area contributed by atoms with Gasteiger partial charge in [-0.2, -0.15) is 0 Å². The van der Waals surface area contributed by atoms with E-state index < -0.39 is 0 Å². The fourth-order valence-corrected chi connectivity index (χ4v) is 3.28. The van der Waals surface area contributed by atoms with E-state index in [9.17, 15) is 0 Å². The molecule has 18 heavy (non-hydrogen) atoms. The Morgan fingerprint density at radius 3 is 2.89 bits per heavy atom. The molecule has 2 atom stereocenters. The number of rotatable bonds is 5. The third kappa shape index (κ3) is 3.36. The Labute approximate surface area is 113 Å². The molecule has 2 nitrogen and oxygen atoms in total. The van der Waals surface area contributed by atoms with Gasteiger partial charge in [-0.1, -0.05) is 25.5 Å². The van der Waals surface area contributed by atoms with Crippen LogP contribution in [-0.2, 0) is 0 Å². The topological polar surface area (TPSA) is 15.3 Å². The Morgan fingerprint density at radius 2 is 2.28 bits per heavy atom. The van der Waals surface area contributed by atoms with Gasteiger partial charge < -0.3 is 5.32 Å². The lowest BCUT2D eigenvalue weighted by molar-refractivity contribution is 0.0831. The summed E-state index contributed by atoms with van der Waals surface area (Å²) in [6, 6.07) is 0.742. The molecule has 2 unspecified atom stereocenters. The summed E-state index contributed by atoms with van der Waals surface area (Å²) in [6.45, 7) is 10.7. The standard InChI is InChI=1S/C16H30N2/c1-4-15-12-17-16(3,5-2)13-18(15)11-10-14-8-6-7-9-14/h8,15,17H,4-7,9-13H2,1-3H3. The van der Waals surface area contributed by atoms with Crippen LogP contribution in [0.1, 0.15) is 59.3 Å². The molecule has 2 aliphatic rings. The van der Waals surface area contributed by atoms with E-state index in [4.69, 9.17) is 0 Å².